The van der Waals surface area contributed by atoms with Crippen molar-refractivity contribution in [2.24, 2.45) is 0 Å². The number of aliphatic hydroxyl groups excluding tert-OH is 1. The van der Waals surface area contributed by atoms with Gasteiger partial charge in [-0.15, -0.1) is 0 Å². The Morgan fingerprint density at radius 2 is 2.00 bits per heavy atom. The molecule has 0 aliphatic rings. The summed E-state index contributed by atoms with van der Waals surface area (Å²) in [6.45, 7) is 0.216. The zero-order valence-corrected chi connectivity index (χ0v) is 11.5. The van der Waals surface area contributed by atoms with Gasteiger partial charge in [0.05, 0.1) is 6.61 Å². The smallest absolute Gasteiger partial charge is 0.251 e. The molecule has 6 nitrogen and oxygen atoms in total. The highest BCUT2D eigenvalue weighted by Crippen LogP contribution is 2.04. The quantitative estimate of drug-likeness (QED) is 0.733. The molecule has 6 heteroatoms. The number of rotatable bonds is 5. The molecule has 1 aromatic carbocycles. The van der Waals surface area contributed by atoms with Crippen LogP contribution in [0, 0.1) is 0 Å². The SMILES string of the molecule is Nc1ccc(=O)n(CC(=O)NCc2cccc(CO)c2)c1. The van der Waals surface area contributed by atoms with Crippen molar-refractivity contribution in [3.8, 4) is 0 Å². The van der Waals surface area contributed by atoms with E-state index in [9.17, 15) is 9.59 Å². The summed E-state index contributed by atoms with van der Waals surface area (Å²) in [5.41, 5.74) is 7.41. The maximum atomic E-state index is 11.8. The number of nitrogen functional groups attached to an aromatic ring is 1. The number of hydrogen-bond acceptors (Lipinski definition) is 4. The molecule has 2 rings (SSSR count). The molecule has 1 heterocycles. The molecule has 4 N–H and O–H groups in total. The fourth-order valence-electron chi connectivity index (χ4n) is 1.92. The van der Waals surface area contributed by atoms with Gasteiger partial charge in [-0.1, -0.05) is 24.3 Å². The van der Waals surface area contributed by atoms with E-state index in [1.54, 1.807) is 6.07 Å². The average molecular weight is 287 g/mol. The van der Waals surface area contributed by atoms with Crippen molar-refractivity contribution < 1.29 is 9.90 Å². The summed E-state index contributed by atoms with van der Waals surface area (Å²) < 4.78 is 1.26. The molecule has 0 aliphatic heterocycles. The summed E-state index contributed by atoms with van der Waals surface area (Å²) in [6.07, 6.45) is 1.44. The number of carbonyl (C=O) groups is 1. The molecule has 2 aromatic rings. The zero-order valence-electron chi connectivity index (χ0n) is 11.5. The Hall–Kier alpha value is -2.60. The standard InChI is InChI=1S/C15H17N3O3/c16-13-4-5-15(21)18(8-13)9-14(20)17-7-11-2-1-3-12(6-11)10-19/h1-6,8,19H,7,9-10,16H2,(H,17,20). The van der Waals surface area contributed by atoms with Crippen molar-refractivity contribution in [3.63, 3.8) is 0 Å². The molecular formula is C15H17N3O3. The van der Waals surface area contributed by atoms with Gasteiger partial charge in [-0.2, -0.15) is 0 Å². The summed E-state index contributed by atoms with van der Waals surface area (Å²) in [5.74, 6) is -0.280. The van der Waals surface area contributed by atoms with Gasteiger partial charge in [-0.3, -0.25) is 9.59 Å². The number of pyridine rings is 1. The minimum absolute atomic E-state index is 0.0412. The molecule has 1 aromatic heterocycles. The molecular weight excluding hydrogens is 270 g/mol. The Morgan fingerprint density at radius 1 is 1.24 bits per heavy atom. The molecule has 0 bridgehead atoms. The molecule has 0 fully saturated rings. The summed E-state index contributed by atoms with van der Waals surface area (Å²) in [5, 5.41) is 11.8. The maximum absolute atomic E-state index is 11.8. The lowest BCUT2D eigenvalue weighted by atomic mass is 10.1. The van der Waals surface area contributed by atoms with E-state index in [-0.39, 0.29) is 24.6 Å². The van der Waals surface area contributed by atoms with Crippen LogP contribution in [0.25, 0.3) is 0 Å². The number of anilines is 1. The van der Waals surface area contributed by atoms with E-state index in [1.807, 2.05) is 18.2 Å². The number of carbonyl (C=O) groups excluding carboxylic acids is 1. The first-order valence-electron chi connectivity index (χ1n) is 6.50. The third-order valence-corrected chi connectivity index (χ3v) is 2.98. The topological polar surface area (TPSA) is 97.4 Å². The Labute approximate surface area is 121 Å². The molecule has 0 saturated carbocycles. The molecule has 0 radical (unpaired) electrons. The van der Waals surface area contributed by atoms with E-state index in [2.05, 4.69) is 5.32 Å². The fraction of sp³-hybridized carbons (Fsp3) is 0.200. The second-order valence-corrected chi connectivity index (χ2v) is 4.68. The number of nitrogens with two attached hydrogens (primary N) is 1. The third kappa shape index (κ3) is 4.19. The molecule has 110 valence electrons. The molecule has 0 aliphatic carbocycles. The molecule has 21 heavy (non-hydrogen) atoms. The molecule has 0 unspecified atom stereocenters. The third-order valence-electron chi connectivity index (χ3n) is 2.98. The monoisotopic (exact) mass is 287 g/mol. The number of aliphatic hydroxyl groups is 1. The number of benzene rings is 1. The van der Waals surface area contributed by atoms with Crippen molar-refractivity contribution in [3.05, 3.63) is 64.1 Å². The van der Waals surface area contributed by atoms with Crippen LogP contribution in [0.15, 0.2) is 47.4 Å². The molecule has 0 atom stereocenters. The zero-order chi connectivity index (χ0) is 15.2. The van der Waals surface area contributed by atoms with Crippen molar-refractivity contribution >= 4 is 11.6 Å². The second-order valence-electron chi connectivity index (χ2n) is 4.68. The van der Waals surface area contributed by atoms with Crippen LogP contribution in [-0.4, -0.2) is 15.6 Å². The van der Waals surface area contributed by atoms with E-state index in [1.165, 1.54) is 22.9 Å². The van der Waals surface area contributed by atoms with E-state index < -0.39 is 0 Å². The normalized spacial score (nSPS) is 10.3. The second kappa shape index (κ2) is 6.71. The van der Waals surface area contributed by atoms with E-state index >= 15 is 0 Å². The van der Waals surface area contributed by atoms with Crippen LogP contribution in [0.1, 0.15) is 11.1 Å². The highest BCUT2D eigenvalue weighted by Gasteiger charge is 2.05. The first-order valence-corrected chi connectivity index (χ1v) is 6.50. The van der Waals surface area contributed by atoms with Gasteiger partial charge in [-0.05, 0) is 17.2 Å². The van der Waals surface area contributed by atoms with Gasteiger partial charge in [0, 0.05) is 24.5 Å². The summed E-state index contributed by atoms with van der Waals surface area (Å²) in [7, 11) is 0. The van der Waals surface area contributed by atoms with Crippen LogP contribution in [0.3, 0.4) is 0 Å². The van der Waals surface area contributed by atoms with Crippen LogP contribution < -0.4 is 16.6 Å². The highest BCUT2D eigenvalue weighted by atomic mass is 16.3. The number of nitrogens with zero attached hydrogens (tertiary/aromatic N) is 1. The van der Waals surface area contributed by atoms with Crippen LogP contribution >= 0.6 is 0 Å². The lowest BCUT2D eigenvalue weighted by Gasteiger charge is -2.08. The predicted molar refractivity (Wildman–Crippen MR) is 79.3 cm³/mol. The van der Waals surface area contributed by atoms with Crippen LogP contribution in [0.4, 0.5) is 5.69 Å². The van der Waals surface area contributed by atoms with E-state index in [4.69, 9.17) is 10.8 Å². The molecule has 0 spiro atoms. The maximum Gasteiger partial charge on any atom is 0.251 e. The highest BCUT2D eigenvalue weighted by molar-refractivity contribution is 5.75. The van der Waals surface area contributed by atoms with Gasteiger partial charge in [-0.25, -0.2) is 0 Å². The van der Waals surface area contributed by atoms with Crippen LogP contribution in [-0.2, 0) is 24.5 Å². The van der Waals surface area contributed by atoms with Gasteiger partial charge < -0.3 is 20.7 Å². The average Bonchev–Trinajstić information content (AvgIpc) is 2.49. The minimum Gasteiger partial charge on any atom is -0.398 e. The number of hydrogen-bond donors (Lipinski definition) is 3. The Balaban J connectivity index is 1.95. The molecule has 0 saturated heterocycles. The van der Waals surface area contributed by atoms with Crippen molar-refractivity contribution in [2.75, 3.05) is 5.73 Å². The summed E-state index contributed by atoms with van der Waals surface area (Å²) in [4.78, 5) is 23.4. The Bertz CT molecular complexity index is 695. The number of amides is 1. The van der Waals surface area contributed by atoms with Gasteiger partial charge in [0.1, 0.15) is 6.54 Å². The first-order chi connectivity index (χ1) is 10.1. The van der Waals surface area contributed by atoms with Gasteiger partial charge >= 0.3 is 0 Å². The largest absolute Gasteiger partial charge is 0.398 e. The Morgan fingerprint density at radius 3 is 2.76 bits per heavy atom. The van der Waals surface area contributed by atoms with Crippen LogP contribution in [0.2, 0.25) is 0 Å². The lowest BCUT2D eigenvalue weighted by molar-refractivity contribution is -0.121. The van der Waals surface area contributed by atoms with Crippen molar-refractivity contribution in [1.29, 1.82) is 0 Å². The van der Waals surface area contributed by atoms with E-state index in [0.29, 0.717) is 12.2 Å². The van der Waals surface area contributed by atoms with Crippen LogP contribution in [0.5, 0.6) is 0 Å². The predicted octanol–water partition coefficient (Wildman–Crippen LogP) is 0.239. The van der Waals surface area contributed by atoms with Crippen molar-refractivity contribution in [2.45, 2.75) is 19.7 Å². The van der Waals surface area contributed by atoms with Gasteiger partial charge in [0.15, 0.2) is 0 Å². The fourth-order valence-corrected chi connectivity index (χ4v) is 1.92. The summed E-state index contributed by atoms with van der Waals surface area (Å²) >= 11 is 0. The van der Waals surface area contributed by atoms with Gasteiger partial charge in [0.25, 0.3) is 5.56 Å². The summed E-state index contributed by atoms with van der Waals surface area (Å²) in [6, 6.07) is 10.1. The van der Waals surface area contributed by atoms with Gasteiger partial charge in [0.2, 0.25) is 5.91 Å². The minimum atomic E-state index is -0.280. The van der Waals surface area contributed by atoms with Crippen molar-refractivity contribution in [1.82, 2.24) is 9.88 Å². The molecule has 1 amide bonds. The number of aromatic nitrogens is 1. The Kier molecular flexibility index (Phi) is 4.73. The lowest BCUT2D eigenvalue weighted by Crippen LogP contribution is -2.31. The first kappa shape index (κ1) is 14.8. The van der Waals surface area contributed by atoms with E-state index in [0.717, 1.165) is 11.1 Å². The number of nitrogens with one attached hydrogen (secondary N) is 1.